The molecule has 3 aromatic rings. The number of carbonyl (C=O) groups is 1. The molecule has 10 heteroatoms. The first-order valence-electron chi connectivity index (χ1n) is 13.1. The zero-order valence-corrected chi connectivity index (χ0v) is 22.3. The number of hydrogen-bond acceptors (Lipinski definition) is 5. The van der Waals surface area contributed by atoms with Gasteiger partial charge in [0.1, 0.15) is 35.4 Å². The summed E-state index contributed by atoms with van der Waals surface area (Å²) >= 11 is 0.610. The van der Waals surface area contributed by atoms with Crippen LogP contribution < -0.4 is 9.47 Å². The Kier molecular flexibility index (Phi) is 6.86. The van der Waals surface area contributed by atoms with E-state index in [-0.39, 0.29) is 36.0 Å². The summed E-state index contributed by atoms with van der Waals surface area (Å²) in [4.78, 5) is 13.8. The third-order valence-corrected chi connectivity index (χ3v) is 9.28. The number of carboxylic acids is 1. The number of hydrogen-bond donors (Lipinski definition) is 1. The Morgan fingerprint density at radius 2 is 2.00 bits per heavy atom. The van der Waals surface area contributed by atoms with Crippen LogP contribution in [0.5, 0.6) is 11.5 Å². The molecule has 3 heterocycles. The standard InChI is InChI=1S/C30H27F4NO4S/c31-25-10-21(38-16-22-12-23(19-5-2-1-3-6-19)27(40-22)30(32,33)34)11-26-24(25)9-18(15-39-26)13-35-14-20-7-4-8-29(20,17-35)28(36)37/h1-3,5-6,9-12,20H,4,7-8,13-17H2,(H,36,37). The van der Waals surface area contributed by atoms with Gasteiger partial charge in [0.05, 0.1) is 11.0 Å². The monoisotopic (exact) mass is 573 g/mol. The second-order valence-corrected chi connectivity index (χ2v) is 11.9. The van der Waals surface area contributed by atoms with Gasteiger partial charge in [0.15, 0.2) is 0 Å². The molecule has 6 rings (SSSR count). The SMILES string of the molecule is O=C(O)C12CCCC1CN(CC1=Cc3c(F)cc(OCc4cc(-c5ccccc5)c(C(F)(F)F)s4)cc3OC1)C2. The number of carboxylic acid groups (broad SMARTS) is 1. The Morgan fingerprint density at radius 1 is 1.20 bits per heavy atom. The molecule has 5 nitrogen and oxygen atoms in total. The van der Waals surface area contributed by atoms with Crippen LogP contribution in [-0.2, 0) is 17.6 Å². The topological polar surface area (TPSA) is 59.0 Å². The zero-order valence-electron chi connectivity index (χ0n) is 21.5. The lowest BCUT2D eigenvalue weighted by Crippen LogP contribution is -2.36. The second-order valence-electron chi connectivity index (χ2n) is 10.7. The minimum absolute atomic E-state index is 0.0882. The van der Waals surface area contributed by atoms with Crippen LogP contribution in [0.3, 0.4) is 0 Å². The molecule has 0 amide bonds. The molecule has 2 atom stereocenters. The van der Waals surface area contributed by atoms with Crippen molar-refractivity contribution in [2.45, 2.75) is 32.0 Å². The van der Waals surface area contributed by atoms with Gasteiger partial charge in [0.2, 0.25) is 0 Å². The summed E-state index contributed by atoms with van der Waals surface area (Å²) < 4.78 is 67.7. The second kappa shape index (κ2) is 10.2. The van der Waals surface area contributed by atoms with Crippen molar-refractivity contribution in [3.8, 4) is 22.6 Å². The molecule has 210 valence electrons. The highest BCUT2D eigenvalue weighted by atomic mass is 32.1. The number of nitrogens with zero attached hydrogens (tertiary/aromatic N) is 1. The van der Waals surface area contributed by atoms with Crippen molar-refractivity contribution >= 4 is 23.4 Å². The van der Waals surface area contributed by atoms with Gasteiger partial charge in [-0.25, -0.2) is 4.39 Å². The Bertz CT molecular complexity index is 1470. The minimum Gasteiger partial charge on any atom is -0.488 e. The van der Waals surface area contributed by atoms with Crippen LogP contribution in [0, 0.1) is 17.2 Å². The van der Waals surface area contributed by atoms with Gasteiger partial charge in [0, 0.05) is 42.2 Å². The Hall–Kier alpha value is -3.37. The van der Waals surface area contributed by atoms with Gasteiger partial charge in [-0.1, -0.05) is 36.8 Å². The van der Waals surface area contributed by atoms with Crippen molar-refractivity contribution < 1.29 is 36.9 Å². The first kappa shape index (κ1) is 26.8. The summed E-state index contributed by atoms with van der Waals surface area (Å²) in [5.74, 6) is -0.697. The van der Waals surface area contributed by atoms with E-state index in [1.54, 1.807) is 42.5 Å². The van der Waals surface area contributed by atoms with Crippen molar-refractivity contribution in [3.05, 3.63) is 75.2 Å². The average Bonchev–Trinajstić information content (AvgIpc) is 3.61. The summed E-state index contributed by atoms with van der Waals surface area (Å²) in [6, 6.07) is 12.6. The van der Waals surface area contributed by atoms with Crippen LogP contribution in [0.15, 0.2) is 54.1 Å². The maximum absolute atomic E-state index is 15.1. The summed E-state index contributed by atoms with van der Waals surface area (Å²) in [6.07, 6.45) is -0.235. The van der Waals surface area contributed by atoms with Crippen LogP contribution in [0.1, 0.15) is 34.6 Å². The highest BCUT2D eigenvalue weighted by Crippen LogP contribution is 2.49. The minimum atomic E-state index is -4.51. The van der Waals surface area contributed by atoms with Crippen molar-refractivity contribution in [2.75, 3.05) is 26.2 Å². The zero-order chi connectivity index (χ0) is 28.1. The molecule has 2 fully saturated rings. The molecule has 2 unspecified atom stereocenters. The fraction of sp³-hybridized carbons (Fsp3) is 0.367. The van der Waals surface area contributed by atoms with Crippen molar-refractivity contribution in [1.29, 1.82) is 0 Å². The molecule has 2 aromatic carbocycles. The van der Waals surface area contributed by atoms with Gasteiger partial charge in [-0.05, 0) is 42.0 Å². The van der Waals surface area contributed by atoms with Gasteiger partial charge in [-0.15, -0.1) is 11.3 Å². The van der Waals surface area contributed by atoms with E-state index in [2.05, 4.69) is 4.90 Å². The molecule has 1 saturated carbocycles. The first-order chi connectivity index (χ1) is 19.1. The van der Waals surface area contributed by atoms with Crippen molar-refractivity contribution in [2.24, 2.45) is 11.3 Å². The summed E-state index contributed by atoms with van der Waals surface area (Å²) in [7, 11) is 0. The molecule has 1 N–H and O–H groups in total. The predicted molar refractivity (Wildman–Crippen MR) is 143 cm³/mol. The van der Waals surface area contributed by atoms with E-state index in [4.69, 9.17) is 9.47 Å². The molecule has 1 aliphatic carbocycles. The number of rotatable bonds is 7. The maximum Gasteiger partial charge on any atom is 0.426 e. The molecule has 2 aliphatic heterocycles. The third-order valence-electron chi connectivity index (χ3n) is 8.13. The molecule has 1 saturated heterocycles. The molecule has 0 spiro atoms. The smallest absolute Gasteiger partial charge is 0.426 e. The first-order valence-corrected chi connectivity index (χ1v) is 13.9. The lowest BCUT2D eigenvalue weighted by atomic mass is 9.81. The molecule has 3 aliphatic rings. The fourth-order valence-corrected chi connectivity index (χ4v) is 7.24. The van der Waals surface area contributed by atoms with Gasteiger partial charge in [0.25, 0.3) is 0 Å². The van der Waals surface area contributed by atoms with E-state index in [0.29, 0.717) is 53.6 Å². The molecule has 0 bridgehead atoms. The summed E-state index contributed by atoms with van der Waals surface area (Å²) in [6.45, 7) is 1.78. The highest BCUT2D eigenvalue weighted by Gasteiger charge is 2.54. The van der Waals surface area contributed by atoms with Gasteiger partial charge < -0.3 is 14.6 Å². The Labute approximate surface area is 232 Å². The number of ether oxygens (including phenoxy) is 2. The van der Waals surface area contributed by atoms with E-state index < -0.39 is 28.3 Å². The molecular weight excluding hydrogens is 546 g/mol. The summed E-state index contributed by atoms with van der Waals surface area (Å²) in [5, 5.41) is 9.83. The Morgan fingerprint density at radius 3 is 2.73 bits per heavy atom. The normalized spacial score (nSPS) is 22.4. The van der Waals surface area contributed by atoms with E-state index >= 15 is 4.39 Å². The molecule has 0 radical (unpaired) electrons. The van der Waals surface area contributed by atoms with Crippen LogP contribution in [0.4, 0.5) is 17.6 Å². The van der Waals surface area contributed by atoms with E-state index in [9.17, 15) is 23.1 Å². The van der Waals surface area contributed by atoms with E-state index in [1.807, 2.05) is 0 Å². The molecule has 1 aromatic heterocycles. The van der Waals surface area contributed by atoms with Crippen molar-refractivity contribution in [3.63, 3.8) is 0 Å². The van der Waals surface area contributed by atoms with Gasteiger partial charge >= 0.3 is 12.1 Å². The molecule has 40 heavy (non-hydrogen) atoms. The number of fused-ring (bicyclic) bond motifs is 2. The Balaban J connectivity index is 1.15. The van der Waals surface area contributed by atoms with Gasteiger partial charge in [-0.2, -0.15) is 13.2 Å². The number of aliphatic carboxylic acids is 1. The number of halogens is 4. The van der Waals surface area contributed by atoms with Crippen LogP contribution >= 0.6 is 11.3 Å². The predicted octanol–water partition coefficient (Wildman–Crippen LogP) is 7.11. The van der Waals surface area contributed by atoms with Crippen LogP contribution in [-0.4, -0.2) is 42.2 Å². The number of thiophene rings is 1. The van der Waals surface area contributed by atoms with Gasteiger partial charge in [-0.3, -0.25) is 9.69 Å². The van der Waals surface area contributed by atoms with E-state index in [0.717, 1.165) is 18.4 Å². The number of alkyl halides is 3. The largest absolute Gasteiger partial charge is 0.488 e. The van der Waals surface area contributed by atoms with Crippen LogP contribution in [0.2, 0.25) is 0 Å². The lowest BCUT2D eigenvalue weighted by Gasteiger charge is -2.25. The quantitative estimate of drug-likeness (QED) is 0.305. The maximum atomic E-state index is 15.1. The lowest BCUT2D eigenvalue weighted by molar-refractivity contribution is -0.149. The van der Waals surface area contributed by atoms with Crippen LogP contribution in [0.25, 0.3) is 17.2 Å². The number of benzene rings is 2. The fourth-order valence-electron chi connectivity index (χ4n) is 6.28. The summed E-state index contributed by atoms with van der Waals surface area (Å²) in [5.41, 5.74) is 1.00. The molecular formula is C30H27F4NO4S. The van der Waals surface area contributed by atoms with Crippen molar-refractivity contribution in [1.82, 2.24) is 4.90 Å². The highest BCUT2D eigenvalue weighted by molar-refractivity contribution is 7.12. The third kappa shape index (κ3) is 4.99. The number of likely N-dealkylation sites (tertiary alicyclic amines) is 1. The average molecular weight is 574 g/mol. The van der Waals surface area contributed by atoms with E-state index in [1.165, 1.54) is 12.1 Å².